The first-order valence-electron chi connectivity index (χ1n) is 9.83. The third kappa shape index (κ3) is 3.88. The number of amides is 1. The lowest BCUT2D eigenvalue weighted by atomic mass is 9.75. The highest BCUT2D eigenvalue weighted by molar-refractivity contribution is 5.95. The summed E-state index contributed by atoms with van der Waals surface area (Å²) in [6.07, 6.45) is 3.94. The second kappa shape index (κ2) is 7.89. The summed E-state index contributed by atoms with van der Waals surface area (Å²) in [5.74, 6) is 0.613. The van der Waals surface area contributed by atoms with Crippen LogP contribution in [-0.2, 0) is 11.3 Å². The summed E-state index contributed by atoms with van der Waals surface area (Å²) in [4.78, 5) is 21.3. The van der Waals surface area contributed by atoms with Gasteiger partial charge in [-0.05, 0) is 62.7 Å². The van der Waals surface area contributed by atoms with Gasteiger partial charge in [-0.25, -0.2) is 0 Å². The van der Waals surface area contributed by atoms with E-state index in [1.54, 1.807) is 24.4 Å². The Bertz CT molecular complexity index is 821. The Morgan fingerprint density at radius 2 is 2.14 bits per heavy atom. The molecule has 1 N–H and O–H groups in total. The average molecular weight is 381 g/mol. The lowest BCUT2D eigenvalue weighted by Gasteiger charge is -2.58. The first-order valence-corrected chi connectivity index (χ1v) is 9.83. The Morgan fingerprint density at radius 3 is 2.89 bits per heavy atom. The molecule has 148 valence electrons. The zero-order valence-corrected chi connectivity index (χ0v) is 16.3. The minimum Gasteiger partial charge on any atom is -0.508 e. The fraction of sp³-hybridized carbons (Fsp3) is 0.455. The summed E-state index contributed by atoms with van der Waals surface area (Å²) >= 11 is 0. The molecule has 6 heteroatoms. The van der Waals surface area contributed by atoms with Gasteiger partial charge in [0.15, 0.2) is 0 Å². The smallest absolute Gasteiger partial charge is 0.254 e. The number of rotatable bonds is 5. The maximum Gasteiger partial charge on any atom is 0.254 e. The number of likely N-dealkylation sites (N-methyl/N-ethyl adjacent to an activating group) is 1. The van der Waals surface area contributed by atoms with Gasteiger partial charge in [-0.2, -0.15) is 0 Å². The fourth-order valence-corrected chi connectivity index (χ4v) is 4.36. The van der Waals surface area contributed by atoms with Crippen LogP contribution in [0.5, 0.6) is 5.75 Å². The van der Waals surface area contributed by atoms with Crippen LogP contribution in [0.2, 0.25) is 0 Å². The minimum absolute atomic E-state index is 0.0107. The number of phenolic OH excluding ortho intramolecular Hbond substituents is 1. The van der Waals surface area contributed by atoms with Crippen LogP contribution in [0.15, 0.2) is 48.7 Å². The molecule has 1 unspecified atom stereocenters. The van der Waals surface area contributed by atoms with Crippen molar-refractivity contribution in [1.29, 1.82) is 0 Å². The zero-order valence-electron chi connectivity index (χ0n) is 16.3. The number of nitrogens with zero attached hydrogens (tertiary/aromatic N) is 3. The van der Waals surface area contributed by atoms with Crippen molar-refractivity contribution in [2.45, 2.75) is 25.0 Å². The van der Waals surface area contributed by atoms with Gasteiger partial charge in [0.2, 0.25) is 0 Å². The molecule has 1 atom stereocenters. The number of hydrogen-bond donors (Lipinski definition) is 1. The van der Waals surface area contributed by atoms with Gasteiger partial charge >= 0.3 is 0 Å². The molecule has 0 saturated carbocycles. The molecule has 2 aliphatic heterocycles. The van der Waals surface area contributed by atoms with Gasteiger partial charge in [-0.1, -0.05) is 12.1 Å². The Kier molecular flexibility index (Phi) is 5.33. The summed E-state index contributed by atoms with van der Waals surface area (Å²) in [6.45, 7) is 3.75. The number of hydrogen-bond acceptors (Lipinski definition) is 5. The molecule has 1 amide bonds. The van der Waals surface area contributed by atoms with Crippen LogP contribution in [-0.4, -0.2) is 64.6 Å². The Balaban J connectivity index is 1.31. The number of carbonyl (C=O) groups is 1. The van der Waals surface area contributed by atoms with Crippen molar-refractivity contribution in [1.82, 2.24) is 14.8 Å². The summed E-state index contributed by atoms with van der Waals surface area (Å²) in [7, 11) is 2.15. The highest BCUT2D eigenvalue weighted by Gasteiger charge is 2.50. The monoisotopic (exact) mass is 381 g/mol. The molecule has 1 aromatic heterocycles. The van der Waals surface area contributed by atoms with Crippen LogP contribution in [0, 0.1) is 5.92 Å². The lowest BCUT2D eigenvalue weighted by molar-refractivity contribution is -0.0769. The van der Waals surface area contributed by atoms with Crippen molar-refractivity contribution in [3.05, 3.63) is 59.9 Å². The molecule has 28 heavy (non-hydrogen) atoms. The third-order valence-corrected chi connectivity index (χ3v) is 6.03. The van der Waals surface area contributed by atoms with Crippen molar-refractivity contribution in [2.24, 2.45) is 5.92 Å². The first-order chi connectivity index (χ1) is 13.6. The molecule has 0 bridgehead atoms. The van der Waals surface area contributed by atoms with E-state index >= 15 is 0 Å². The number of ether oxygens (including phenoxy) is 1. The molecular weight excluding hydrogens is 354 g/mol. The summed E-state index contributed by atoms with van der Waals surface area (Å²) in [5, 5.41) is 9.62. The van der Waals surface area contributed by atoms with Crippen LogP contribution in [0.1, 0.15) is 28.9 Å². The average Bonchev–Trinajstić information content (AvgIpc) is 2.68. The molecule has 6 nitrogen and oxygen atoms in total. The Morgan fingerprint density at radius 1 is 1.29 bits per heavy atom. The predicted molar refractivity (Wildman–Crippen MR) is 106 cm³/mol. The number of pyridine rings is 1. The van der Waals surface area contributed by atoms with E-state index in [1.807, 2.05) is 23.1 Å². The van der Waals surface area contributed by atoms with Gasteiger partial charge in [0.05, 0.1) is 24.4 Å². The normalized spacial score (nSPS) is 21.5. The number of piperidine rings is 1. The van der Waals surface area contributed by atoms with Crippen molar-refractivity contribution in [2.75, 3.05) is 33.3 Å². The van der Waals surface area contributed by atoms with Crippen molar-refractivity contribution < 1.29 is 14.6 Å². The molecule has 1 aromatic carbocycles. The Labute approximate surface area is 165 Å². The second-order valence-electron chi connectivity index (χ2n) is 8.05. The number of phenols is 1. The van der Waals surface area contributed by atoms with Crippen LogP contribution >= 0.6 is 0 Å². The lowest BCUT2D eigenvalue weighted by Crippen LogP contribution is -2.72. The Hall–Kier alpha value is -2.44. The fourth-order valence-electron chi connectivity index (χ4n) is 4.36. The first kappa shape index (κ1) is 18.9. The van der Waals surface area contributed by atoms with E-state index in [0.29, 0.717) is 18.1 Å². The summed E-state index contributed by atoms with van der Waals surface area (Å²) in [6, 6.07) is 12.4. The molecule has 0 radical (unpaired) electrons. The molecule has 3 heterocycles. The largest absolute Gasteiger partial charge is 0.508 e. The molecule has 2 aromatic rings. The van der Waals surface area contributed by atoms with Gasteiger partial charge < -0.3 is 14.7 Å². The number of benzene rings is 1. The van der Waals surface area contributed by atoms with Crippen molar-refractivity contribution in [3.8, 4) is 5.75 Å². The van der Waals surface area contributed by atoms with Gasteiger partial charge in [0.25, 0.3) is 5.91 Å². The molecule has 2 saturated heterocycles. The standard InChI is InChI=1S/C22H27N3O3/c1-24-10-8-17(13-28-14-19-6-2-3-9-23-19)12-22(24)15-25(16-22)21(27)18-5-4-7-20(26)11-18/h2-7,9,11,17,26H,8,10,12-16H2,1H3. The van der Waals surface area contributed by atoms with E-state index in [4.69, 9.17) is 4.74 Å². The van der Waals surface area contributed by atoms with Gasteiger partial charge in [0, 0.05) is 24.8 Å². The topological polar surface area (TPSA) is 65.9 Å². The maximum atomic E-state index is 12.7. The molecule has 1 spiro atoms. The van der Waals surface area contributed by atoms with E-state index in [1.165, 1.54) is 6.07 Å². The summed E-state index contributed by atoms with van der Waals surface area (Å²) in [5.41, 5.74) is 1.55. The number of aromatic hydroxyl groups is 1. The molecule has 4 rings (SSSR count). The third-order valence-electron chi connectivity index (χ3n) is 6.03. The second-order valence-corrected chi connectivity index (χ2v) is 8.05. The van der Waals surface area contributed by atoms with Gasteiger partial charge in [0.1, 0.15) is 5.75 Å². The molecule has 2 aliphatic rings. The maximum absolute atomic E-state index is 12.7. The van der Waals surface area contributed by atoms with E-state index in [2.05, 4.69) is 16.9 Å². The van der Waals surface area contributed by atoms with Crippen LogP contribution in [0.4, 0.5) is 0 Å². The number of likely N-dealkylation sites (tertiary alicyclic amines) is 2. The van der Waals surface area contributed by atoms with E-state index in [-0.39, 0.29) is 17.2 Å². The van der Waals surface area contributed by atoms with Crippen LogP contribution in [0.25, 0.3) is 0 Å². The van der Waals surface area contributed by atoms with Crippen LogP contribution in [0.3, 0.4) is 0 Å². The summed E-state index contributed by atoms with van der Waals surface area (Å²) < 4.78 is 5.92. The van der Waals surface area contributed by atoms with E-state index in [0.717, 1.165) is 44.8 Å². The van der Waals surface area contributed by atoms with Crippen molar-refractivity contribution in [3.63, 3.8) is 0 Å². The number of aromatic nitrogens is 1. The SMILES string of the molecule is CN1CCC(COCc2ccccn2)CC12CN(C(=O)c1cccc(O)c1)C2. The number of carbonyl (C=O) groups excluding carboxylic acids is 1. The predicted octanol–water partition coefficient (Wildman–Crippen LogP) is 2.54. The quantitative estimate of drug-likeness (QED) is 0.862. The molecule has 2 fully saturated rings. The minimum atomic E-state index is -0.0107. The highest BCUT2D eigenvalue weighted by Crippen LogP contribution is 2.39. The van der Waals surface area contributed by atoms with Gasteiger partial charge in [-0.15, -0.1) is 0 Å². The highest BCUT2D eigenvalue weighted by atomic mass is 16.5. The van der Waals surface area contributed by atoms with Crippen molar-refractivity contribution >= 4 is 5.91 Å². The van der Waals surface area contributed by atoms with E-state index in [9.17, 15) is 9.90 Å². The van der Waals surface area contributed by atoms with Gasteiger partial charge in [-0.3, -0.25) is 14.7 Å². The zero-order chi connectivity index (χ0) is 19.6. The molecular formula is C22H27N3O3. The molecule has 0 aliphatic carbocycles. The van der Waals surface area contributed by atoms with E-state index < -0.39 is 0 Å². The van der Waals surface area contributed by atoms with Crippen LogP contribution < -0.4 is 0 Å².